The summed E-state index contributed by atoms with van der Waals surface area (Å²) in [6.07, 6.45) is 4.74. The minimum absolute atomic E-state index is 0.186. The molecule has 0 amide bonds. The van der Waals surface area contributed by atoms with Crippen LogP contribution in [0, 0.1) is 0 Å². The maximum atomic E-state index is 5.41. The number of methoxy groups -OCH3 is 2. The van der Waals surface area contributed by atoms with Gasteiger partial charge in [-0.15, -0.1) is 0 Å². The molecule has 0 aliphatic carbocycles. The van der Waals surface area contributed by atoms with E-state index in [4.69, 9.17) is 9.47 Å². The largest absolute Gasteiger partial charge is 0.497 e. The van der Waals surface area contributed by atoms with Crippen LogP contribution in [0.15, 0.2) is 24.3 Å². The fraction of sp³-hybridized carbons (Fsp3) is 0.667. The Kier molecular flexibility index (Phi) is 8.40. The second-order valence-corrected chi connectivity index (χ2v) is 5.68. The molecular weight excluding hydrogens is 262 g/mol. The molecule has 120 valence electrons. The molecule has 1 aromatic rings. The van der Waals surface area contributed by atoms with Gasteiger partial charge in [0.2, 0.25) is 0 Å². The third kappa shape index (κ3) is 5.33. The highest BCUT2D eigenvalue weighted by Crippen LogP contribution is 2.35. The molecule has 0 saturated heterocycles. The third-order valence-corrected chi connectivity index (χ3v) is 4.09. The SMILES string of the molecule is CCCC(CCC)(CNCCOC)c1cccc(OC)c1. The third-order valence-electron chi connectivity index (χ3n) is 4.09. The van der Waals surface area contributed by atoms with Gasteiger partial charge in [-0.1, -0.05) is 38.8 Å². The fourth-order valence-electron chi connectivity index (χ4n) is 3.10. The quantitative estimate of drug-likeness (QED) is 0.630. The van der Waals surface area contributed by atoms with Gasteiger partial charge in [0, 0.05) is 25.6 Å². The first-order valence-electron chi connectivity index (χ1n) is 8.06. The van der Waals surface area contributed by atoms with Crippen molar-refractivity contribution in [1.29, 1.82) is 0 Å². The summed E-state index contributed by atoms with van der Waals surface area (Å²) in [6.45, 7) is 7.17. The summed E-state index contributed by atoms with van der Waals surface area (Å²) in [5.74, 6) is 0.945. The first kappa shape index (κ1) is 18.0. The molecule has 0 saturated carbocycles. The summed E-state index contributed by atoms with van der Waals surface area (Å²) in [4.78, 5) is 0. The highest BCUT2D eigenvalue weighted by atomic mass is 16.5. The smallest absolute Gasteiger partial charge is 0.119 e. The summed E-state index contributed by atoms with van der Waals surface area (Å²) >= 11 is 0. The Morgan fingerprint density at radius 2 is 1.81 bits per heavy atom. The first-order chi connectivity index (χ1) is 10.2. The van der Waals surface area contributed by atoms with Gasteiger partial charge in [0.05, 0.1) is 13.7 Å². The Bertz CT molecular complexity index is 387. The van der Waals surface area contributed by atoms with Crippen LogP contribution in [0.1, 0.15) is 45.1 Å². The summed E-state index contributed by atoms with van der Waals surface area (Å²) in [6, 6.07) is 8.56. The van der Waals surface area contributed by atoms with Gasteiger partial charge >= 0.3 is 0 Å². The molecular formula is C18H31NO2. The Morgan fingerprint density at radius 3 is 2.38 bits per heavy atom. The monoisotopic (exact) mass is 293 g/mol. The second-order valence-electron chi connectivity index (χ2n) is 5.68. The van der Waals surface area contributed by atoms with Gasteiger partial charge in [-0.25, -0.2) is 0 Å². The topological polar surface area (TPSA) is 30.5 Å². The lowest BCUT2D eigenvalue weighted by Crippen LogP contribution is -2.39. The van der Waals surface area contributed by atoms with Crippen LogP contribution in [0.2, 0.25) is 0 Å². The maximum Gasteiger partial charge on any atom is 0.119 e. The van der Waals surface area contributed by atoms with Crippen LogP contribution in [0.4, 0.5) is 0 Å². The molecule has 1 rings (SSSR count). The molecule has 1 N–H and O–H groups in total. The van der Waals surface area contributed by atoms with E-state index < -0.39 is 0 Å². The predicted molar refractivity (Wildman–Crippen MR) is 89.2 cm³/mol. The molecule has 0 bridgehead atoms. The Morgan fingerprint density at radius 1 is 1.10 bits per heavy atom. The van der Waals surface area contributed by atoms with Crippen molar-refractivity contribution in [2.24, 2.45) is 0 Å². The normalized spacial score (nSPS) is 11.6. The second kappa shape index (κ2) is 9.80. The van der Waals surface area contributed by atoms with Gasteiger partial charge in [-0.05, 0) is 30.5 Å². The van der Waals surface area contributed by atoms with Crippen LogP contribution in [-0.4, -0.2) is 33.9 Å². The Labute approximate surface area is 130 Å². The lowest BCUT2D eigenvalue weighted by Gasteiger charge is -2.35. The van der Waals surface area contributed by atoms with Crippen molar-refractivity contribution in [3.63, 3.8) is 0 Å². The van der Waals surface area contributed by atoms with Crippen LogP contribution in [0.5, 0.6) is 5.75 Å². The zero-order valence-corrected chi connectivity index (χ0v) is 14.1. The molecule has 0 aliphatic rings. The molecule has 3 nitrogen and oxygen atoms in total. The average Bonchev–Trinajstić information content (AvgIpc) is 2.52. The van der Waals surface area contributed by atoms with Gasteiger partial charge in [0.1, 0.15) is 5.75 Å². The number of nitrogens with one attached hydrogen (secondary N) is 1. The zero-order chi connectivity index (χ0) is 15.6. The van der Waals surface area contributed by atoms with Gasteiger partial charge in [-0.2, -0.15) is 0 Å². The van der Waals surface area contributed by atoms with Gasteiger partial charge in [-0.3, -0.25) is 0 Å². The van der Waals surface area contributed by atoms with E-state index in [1.807, 2.05) is 6.07 Å². The fourth-order valence-corrected chi connectivity index (χ4v) is 3.10. The molecule has 21 heavy (non-hydrogen) atoms. The van der Waals surface area contributed by atoms with Gasteiger partial charge < -0.3 is 14.8 Å². The van der Waals surface area contributed by atoms with Crippen LogP contribution in [0.3, 0.4) is 0 Å². The van der Waals surface area contributed by atoms with E-state index in [0.29, 0.717) is 0 Å². The van der Waals surface area contributed by atoms with Crippen LogP contribution in [0.25, 0.3) is 0 Å². The number of benzene rings is 1. The standard InChI is InChI=1S/C18H31NO2/c1-5-10-18(11-6-2,15-19-12-13-20-3)16-8-7-9-17(14-16)21-4/h7-9,14,19H,5-6,10-13,15H2,1-4H3. The molecule has 0 heterocycles. The minimum Gasteiger partial charge on any atom is -0.497 e. The van der Waals surface area contributed by atoms with Crippen molar-refractivity contribution in [3.8, 4) is 5.75 Å². The van der Waals surface area contributed by atoms with Crippen LogP contribution >= 0.6 is 0 Å². The van der Waals surface area contributed by atoms with E-state index >= 15 is 0 Å². The van der Waals surface area contributed by atoms with Gasteiger partial charge in [0.25, 0.3) is 0 Å². The van der Waals surface area contributed by atoms with E-state index in [1.54, 1.807) is 14.2 Å². The molecule has 0 atom stereocenters. The first-order valence-corrected chi connectivity index (χ1v) is 8.06. The zero-order valence-electron chi connectivity index (χ0n) is 14.1. The van der Waals surface area contributed by atoms with Gasteiger partial charge in [0.15, 0.2) is 0 Å². The summed E-state index contributed by atoms with van der Waals surface area (Å²) in [5, 5.41) is 3.57. The molecule has 0 aliphatic heterocycles. The number of hydrogen-bond acceptors (Lipinski definition) is 3. The lowest BCUT2D eigenvalue weighted by molar-refractivity contribution is 0.194. The molecule has 0 unspecified atom stereocenters. The number of rotatable bonds is 11. The average molecular weight is 293 g/mol. The van der Waals surface area contributed by atoms with Crippen LogP contribution in [-0.2, 0) is 10.2 Å². The van der Waals surface area contributed by atoms with E-state index in [1.165, 1.54) is 31.2 Å². The van der Waals surface area contributed by atoms with Crippen molar-refractivity contribution in [2.75, 3.05) is 33.9 Å². The molecule has 3 heteroatoms. The summed E-state index contributed by atoms with van der Waals surface area (Å²) in [7, 11) is 3.48. The molecule has 0 radical (unpaired) electrons. The molecule has 0 spiro atoms. The lowest BCUT2D eigenvalue weighted by atomic mass is 9.73. The van der Waals surface area contributed by atoms with E-state index in [-0.39, 0.29) is 5.41 Å². The van der Waals surface area contributed by atoms with Crippen molar-refractivity contribution >= 4 is 0 Å². The minimum atomic E-state index is 0.186. The van der Waals surface area contributed by atoms with E-state index in [9.17, 15) is 0 Å². The van der Waals surface area contributed by atoms with Crippen molar-refractivity contribution < 1.29 is 9.47 Å². The molecule has 1 aromatic carbocycles. The van der Waals surface area contributed by atoms with E-state index in [0.717, 1.165) is 25.4 Å². The van der Waals surface area contributed by atoms with Crippen molar-refractivity contribution in [3.05, 3.63) is 29.8 Å². The Hall–Kier alpha value is -1.06. The number of hydrogen-bond donors (Lipinski definition) is 1. The predicted octanol–water partition coefficient (Wildman–Crippen LogP) is 3.77. The molecule has 0 aromatic heterocycles. The highest BCUT2D eigenvalue weighted by molar-refractivity contribution is 5.34. The number of ether oxygens (including phenoxy) is 2. The summed E-state index contributed by atoms with van der Waals surface area (Å²) in [5.41, 5.74) is 1.57. The van der Waals surface area contributed by atoms with Crippen molar-refractivity contribution in [1.82, 2.24) is 5.32 Å². The van der Waals surface area contributed by atoms with Crippen LogP contribution < -0.4 is 10.1 Å². The van der Waals surface area contributed by atoms with Crippen molar-refractivity contribution in [2.45, 2.75) is 44.9 Å². The van der Waals surface area contributed by atoms with E-state index in [2.05, 4.69) is 37.4 Å². The Balaban J connectivity index is 2.96. The molecule has 0 fully saturated rings. The maximum absolute atomic E-state index is 5.41. The highest BCUT2D eigenvalue weighted by Gasteiger charge is 2.30. The summed E-state index contributed by atoms with van der Waals surface area (Å²) < 4.78 is 10.5.